The van der Waals surface area contributed by atoms with Gasteiger partial charge in [-0.15, -0.1) is 0 Å². The van der Waals surface area contributed by atoms with E-state index in [1.54, 1.807) is 0 Å². The van der Waals surface area contributed by atoms with Crippen molar-refractivity contribution in [3.8, 4) is 0 Å². The molecule has 0 amide bonds. The van der Waals surface area contributed by atoms with Gasteiger partial charge in [0.1, 0.15) is 0 Å². The van der Waals surface area contributed by atoms with Crippen LogP contribution in [0.4, 0.5) is 0 Å². The van der Waals surface area contributed by atoms with Gasteiger partial charge in [-0.3, -0.25) is 24.0 Å². The predicted molar refractivity (Wildman–Crippen MR) is 74.3 cm³/mol. The largest absolute Gasteiger partial charge is 0.390 e. The molecule has 0 heterocycles. The first kappa shape index (κ1) is 21.2. The zero-order valence-electron chi connectivity index (χ0n) is 13.4. The number of Topliss-reactive ketones (excluding diaryl/α,β-unsaturated/α-hetero) is 5. The minimum Gasteiger partial charge on any atom is -0.390 e. The number of ketones is 5. The lowest BCUT2D eigenvalue weighted by atomic mass is 9.61. The summed E-state index contributed by atoms with van der Waals surface area (Å²) in [5.41, 5.74) is -10.9. The summed E-state index contributed by atoms with van der Waals surface area (Å²) < 4.78 is 0. The topological polar surface area (TPSA) is 166 Å². The van der Waals surface area contributed by atoms with Gasteiger partial charge in [0.2, 0.25) is 17.0 Å². The molecule has 9 heteroatoms. The normalized spacial score (nSPS) is 20.4. The molecule has 0 aliphatic rings. The maximum Gasteiger partial charge on any atom is 0.240 e. The fraction of sp³-hybridized carbons (Fsp3) is 0.643. The van der Waals surface area contributed by atoms with E-state index in [1.807, 2.05) is 0 Å². The van der Waals surface area contributed by atoms with E-state index in [-0.39, 0.29) is 0 Å². The highest BCUT2D eigenvalue weighted by Crippen LogP contribution is 2.39. The lowest BCUT2D eigenvalue weighted by Crippen LogP contribution is -2.81. The second-order valence-electron chi connectivity index (χ2n) is 5.42. The van der Waals surface area contributed by atoms with Crippen molar-refractivity contribution >= 4 is 28.9 Å². The molecule has 0 aliphatic heterocycles. The summed E-state index contributed by atoms with van der Waals surface area (Å²) in [6.45, 7) is 3.29. The first-order valence-electron chi connectivity index (χ1n) is 6.57. The molecule has 0 spiro atoms. The van der Waals surface area contributed by atoms with Crippen LogP contribution in [0.2, 0.25) is 0 Å². The molecule has 23 heavy (non-hydrogen) atoms. The first-order valence-corrected chi connectivity index (χ1v) is 6.57. The standard InChI is InChI=1S/C14H20O9/c1-6(15)11(20)13(22,9(4)18)14(23,10(5)19)12(21,7(2)16)8(3)17/h7,16,21-23H,1-5H3/t7-,12+,13-,14+/m0/s1. The summed E-state index contributed by atoms with van der Waals surface area (Å²) in [7, 11) is 0. The molecule has 0 aromatic carbocycles. The molecular weight excluding hydrogens is 312 g/mol. The zero-order chi connectivity index (χ0) is 19.0. The van der Waals surface area contributed by atoms with Crippen LogP contribution in [0.5, 0.6) is 0 Å². The summed E-state index contributed by atoms with van der Waals surface area (Å²) in [6, 6.07) is 0. The van der Waals surface area contributed by atoms with Gasteiger partial charge in [0.25, 0.3) is 0 Å². The van der Waals surface area contributed by atoms with Crippen molar-refractivity contribution in [3.05, 3.63) is 0 Å². The van der Waals surface area contributed by atoms with E-state index in [2.05, 4.69) is 0 Å². The number of hydrogen-bond acceptors (Lipinski definition) is 9. The van der Waals surface area contributed by atoms with Crippen molar-refractivity contribution in [1.29, 1.82) is 0 Å². The Bertz CT molecular complexity index is 579. The summed E-state index contributed by atoms with van der Waals surface area (Å²) in [5.74, 6) is -7.83. The Morgan fingerprint density at radius 1 is 0.783 bits per heavy atom. The van der Waals surface area contributed by atoms with E-state index in [1.165, 1.54) is 0 Å². The average molecular weight is 332 g/mol. The zero-order valence-corrected chi connectivity index (χ0v) is 13.4. The molecule has 0 aliphatic carbocycles. The van der Waals surface area contributed by atoms with E-state index in [4.69, 9.17) is 0 Å². The van der Waals surface area contributed by atoms with Crippen LogP contribution in [-0.2, 0) is 24.0 Å². The highest BCUT2D eigenvalue weighted by atomic mass is 16.4. The van der Waals surface area contributed by atoms with Crippen LogP contribution in [0.1, 0.15) is 34.6 Å². The minimum absolute atomic E-state index is 0.581. The lowest BCUT2D eigenvalue weighted by Gasteiger charge is -2.48. The molecule has 0 fully saturated rings. The third kappa shape index (κ3) is 2.65. The number of carbonyl (C=O) groups excluding carboxylic acids is 5. The van der Waals surface area contributed by atoms with Gasteiger partial charge in [-0.2, -0.15) is 0 Å². The third-order valence-corrected chi connectivity index (χ3v) is 3.88. The van der Waals surface area contributed by atoms with Crippen LogP contribution in [0.15, 0.2) is 0 Å². The van der Waals surface area contributed by atoms with Crippen molar-refractivity contribution in [1.82, 2.24) is 0 Å². The molecule has 0 bridgehead atoms. The van der Waals surface area contributed by atoms with Gasteiger partial charge >= 0.3 is 0 Å². The Hall–Kier alpha value is -1.81. The molecule has 0 aromatic heterocycles. The number of rotatable bonds is 8. The Labute approximate surface area is 131 Å². The van der Waals surface area contributed by atoms with Crippen LogP contribution in [0, 0.1) is 0 Å². The SMILES string of the molecule is CC(=O)C(=O)[C@@](O)(C(C)=O)[C@@](O)(C(C)=O)[C@](O)(C(C)=O)[C@H](C)O. The Morgan fingerprint density at radius 2 is 1.17 bits per heavy atom. The predicted octanol–water partition coefficient (Wildman–Crippen LogP) is -2.51. The smallest absolute Gasteiger partial charge is 0.240 e. The van der Waals surface area contributed by atoms with Gasteiger partial charge in [-0.1, -0.05) is 0 Å². The Balaban J connectivity index is 7.05. The van der Waals surface area contributed by atoms with Crippen LogP contribution in [0.3, 0.4) is 0 Å². The van der Waals surface area contributed by atoms with Crippen LogP contribution in [-0.4, -0.2) is 72.2 Å². The maximum absolute atomic E-state index is 12.0. The number of aliphatic hydroxyl groups is 4. The second-order valence-corrected chi connectivity index (χ2v) is 5.42. The molecule has 0 radical (unpaired) electrons. The van der Waals surface area contributed by atoms with E-state index < -0.39 is 51.8 Å². The quantitative estimate of drug-likeness (QED) is 0.277. The van der Waals surface area contributed by atoms with Gasteiger partial charge < -0.3 is 20.4 Å². The highest BCUT2D eigenvalue weighted by Gasteiger charge is 2.74. The van der Waals surface area contributed by atoms with Gasteiger partial charge in [-0.05, 0) is 27.7 Å². The molecule has 0 rings (SSSR count). The summed E-state index contributed by atoms with van der Waals surface area (Å²) in [5, 5.41) is 41.2. The molecule has 130 valence electrons. The van der Waals surface area contributed by atoms with Crippen LogP contribution >= 0.6 is 0 Å². The molecule has 4 atom stereocenters. The van der Waals surface area contributed by atoms with E-state index in [9.17, 15) is 44.4 Å². The van der Waals surface area contributed by atoms with E-state index >= 15 is 0 Å². The van der Waals surface area contributed by atoms with Gasteiger partial charge in [0.05, 0.1) is 6.10 Å². The summed E-state index contributed by atoms with van der Waals surface area (Å²) in [4.78, 5) is 58.9. The summed E-state index contributed by atoms with van der Waals surface area (Å²) in [6.07, 6.45) is -2.17. The summed E-state index contributed by atoms with van der Waals surface area (Å²) >= 11 is 0. The third-order valence-electron chi connectivity index (χ3n) is 3.88. The Morgan fingerprint density at radius 3 is 1.35 bits per heavy atom. The highest BCUT2D eigenvalue weighted by molar-refractivity contribution is 6.45. The first-order chi connectivity index (χ1) is 10.1. The Kier molecular flexibility index (Phi) is 5.86. The number of carbonyl (C=O) groups is 5. The van der Waals surface area contributed by atoms with Crippen molar-refractivity contribution in [3.63, 3.8) is 0 Å². The molecule has 0 aromatic rings. The van der Waals surface area contributed by atoms with Crippen molar-refractivity contribution in [2.24, 2.45) is 0 Å². The molecule has 4 N–H and O–H groups in total. The number of aliphatic hydroxyl groups excluding tert-OH is 1. The molecule has 9 nitrogen and oxygen atoms in total. The van der Waals surface area contributed by atoms with E-state index in [0.29, 0.717) is 27.7 Å². The number of hydrogen-bond donors (Lipinski definition) is 4. The maximum atomic E-state index is 12.0. The van der Waals surface area contributed by atoms with Crippen molar-refractivity contribution in [2.45, 2.75) is 57.5 Å². The van der Waals surface area contributed by atoms with Crippen molar-refractivity contribution < 1.29 is 44.4 Å². The second kappa shape index (κ2) is 6.36. The fourth-order valence-electron chi connectivity index (χ4n) is 2.48. The van der Waals surface area contributed by atoms with E-state index in [0.717, 1.165) is 6.92 Å². The monoisotopic (exact) mass is 332 g/mol. The molecular formula is C14H20O9. The fourth-order valence-corrected chi connectivity index (χ4v) is 2.48. The van der Waals surface area contributed by atoms with Gasteiger partial charge in [0.15, 0.2) is 28.7 Å². The molecule has 0 saturated carbocycles. The minimum atomic E-state index is -3.77. The van der Waals surface area contributed by atoms with Gasteiger partial charge in [0, 0.05) is 6.92 Å². The van der Waals surface area contributed by atoms with Crippen LogP contribution in [0.25, 0.3) is 0 Å². The molecule has 0 saturated heterocycles. The van der Waals surface area contributed by atoms with Gasteiger partial charge in [-0.25, -0.2) is 0 Å². The average Bonchev–Trinajstić information content (AvgIpc) is 2.42. The molecule has 0 unspecified atom stereocenters. The lowest BCUT2D eigenvalue weighted by molar-refractivity contribution is -0.241. The van der Waals surface area contributed by atoms with Crippen molar-refractivity contribution in [2.75, 3.05) is 0 Å². The van der Waals surface area contributed by atoms with Crippen LogP contribution < -0.4 is 0 Å².